The second kappa shape index (κ2) is 8.24. The molecule has 0 saturated heterocycles. The SMILES string of the molecule is Cc1c(C#N)c(NC(=O)COC(=O)c2ccc3c(c2)OCO3)n(-c2ccccc2)c1C. The van der Waals surface area contributed by atoms with Crippen molar-refractivity contribution in [3.8, 4) is 23.3 Å². The molecule has 0 bridgehead atoms. The maximum atomic E-state index is 12.6. The number of anilines is 1. The monoisotopic (exact) mass is 417 g/mol. The van der Waals surface area contributed by atoms with E-state index in [-0.39, 0.29) is 12.4 Å². The Labute approximate surface area is 178 Å². The fourth-order valence-electron chi connectivity index (χ4n) is 3.37. The second-order valence-electron chi connectivity index (χ2n) is 6.91. The summed E-state index contributed by atoms with van der Waals surface area (Å²) in [5, 5.41) is 12.3. The molecule has 156 valence electrons. The summed E-state index contributed by atoms with van der Waals surface area (Å²) in [5.74, 6) is 0.114. The predicted octanol–water partition coefficient (Wildman–Crippen LogP) is 3.49. The summed E-state index contributed by atoms with van der Waals surface area (Å²) in [6.45, 7) is 3.29. The number of fused-ring (bicyclic) bond motifs is 1. The highest BCUT2D eigenvalue weighted by Crippen LogP contribution is 2.33. The molecule has 0 aliphatic carbocycles. The van der Waals surface area contributed by atoms with Crippen molar-refractivity contribution in [3.05, 3.63) is 70.9 Å². The van der Waals surface area contributed by atoms with Gasteiger partial charge in [0.05, 0.1) is 11.1 Å². The number of esters is 1. The molecule has 8 heteroatoms. The van der Waals surface area contributed by atoms with E-state index in [4.69, 9.17) is 14.2 Å². The Morgan fingerprint density at radius 1 is 1.13 bits per heavy atom. The largest absolute Gasteiger partial charge is 0.454 e. The van der Waals surface area contributed by atoms with Crippen LogP contribution in [0.15, 0.2) is 48.5 Å². The summed E-state index contributed by atoms with van der Waals surface area (Å²) < 4.78 is 17.4. The van der Waals surface area contributed by atoms with Crippen molar-refractivity contribution in [1.82, 2.24) is 4.57 Å². The molecule has 8 nitrogen and oxygen atoms in total. The van der Waals surface area contributed by atoms with Gasteiger partial charge in [0.25, 0.3) is 5.91 Å². The third-order valence-corrected chi connectivity index (χ3v) is 5.04. The Kier molecular flexibility index (Phi) is 5.33. The number of hydrogen-bond acceptors (Lipinski definition) is 6. The Morgan fingerprint density at radius 3 is 2.61 bits per heavy atom. The van der Waals surface area contributed by atoms with Gasteiger partial charge in [-0.3, -0.25) is 9.36 Å². The Balaban J connectivity index is 1.50. The average Bonchev–Trinajstić information content (AvgIpc) is 3.34. The van der Waals surface area contributed by atoms with E-state index < -0.39 is 18.5 Å². The molecule has 31 heavy (non-hydrogen) atoms. The topological polar surface area (TPSA) is 103 Å². The number of hydrogen-bond donors (Lipinski definition) is 1. The molecule has 1 aliphatic rings. The van der Waals surface area contributed by atoms with Gasteiger partial charge in [0.1, 0.15) is 11.9 Å². The van der Waals surface area contributed by atoms with Crippen LogP contribution in [0.5, 0.6) is 11.5 Å². The fraction of sp³-hybridized carbons (Fsp3) is 0.174. The molecule has 1 amide bonds. The molecule has 3 aromatic rings. The molecule has 2 heterocycles. The number of amides is 1. The van der Waals surface area contributed by atoms with E-state index >= 15 is 0 Å². The lowest BCUT2D eigenvalue weighted by Crippen LogP contribution is -2.22. The zero-order valence-corrected chi connectivity index (χ0v) is 17.0. The van der Waals surface area contributed by atoms with Crippen molar-refractivity contribution < 1.29 is 23.8 Å². The highest BCUT2D eigenvalue weighted by Gasteiger charge is 2.22. The van der Waals surface area contributed by atoms with Crippen LogP contribution < -0.4 is 14.8 Å². The van der Waals surface area contributed by atoms with Crippen LogP contribution in [-0.4, -0.2) is 29.8 Å². The molecule has 0 spiro atoms. The summed E-state index contributed by atoms with van der Waals surface area (Å²) in [6, 6.07) is 16.2. The van der Waals surface area contributed by atoms with Gasteiger partial charge >= 0.3 is 5.97 Å². The number of benzene rings is 2. The van der Waals surface area contributed by atoms with Crippen LogP contribution in [0.4, 0.5) is 5.82 Å². The molecule has 1 aliphatic heterocycles. The quantitative estimate of drug-likeness (QED) is 0.638. The van der Waals surface area contributed by atoms with Gasteiger partial charge < -0.3 is 19.5 Å². The maximum Gasteiger partial charge on any atom is 0.338 e. The third-order valence-electron chi connectivity index (χ3n) is 5.04. The Hall–Kier alpha value is -4.25. The van der Waals surface area contributed by atoms with E-state index in [0.717, 1.165) is 16.9 Å². The first-order chi connectivity index (χ1) is 15.0. The van der Waals surface area contributed by atoms with Crippen molar-refractivity contribution >= 4 is 17.7 Å². The van der Waals surface area contributed by atoms with Crippen molar-refractivity contribution in [3.63, 3.8) is 0 Å². The van der Waals surface area contributed by atoms with E-state index in [0.29, 0.717) is 22.9 Å². The summed E-state index contributed by atoms with van der Waals surface area (Å²) in [5.41, 5.74) is 3.00. The normalized spacial score (nSPS) is 11.6. The van der Waals surface area contributed by atoms with Gasteiger partial charge in [-0.25, -0.2) is 4.79 Å². The van der Waals surface area contributed by atoms with Gasteiger partial charge in [-0.1, -0.05) is 18.2 Å². The highest BCUT2D eigenvalue weighted by atomic mass is 16.7. The number of nitriles is 1. The molecule has 2 aromatic carbocycles. The minimum absolute atomic E-state index is 0.0946. The van der Waals surface area contributed by atoms with E-state index in [1.54, 1.807) is 10.6 Å². The lowest BCUT2D eigenvalue weighted by atomic mass is 10.2. The van der Waals surface area contributed by atoms with Crippen molar-refractivity contribution in [2.75, 3.05) is 18.7 Å². The average molecular weight is 417 g/mol. The molecular formula is C23H19N3O5. The number of nitrogens with one attached hydrogen (secondary N) is 1. The van der Waals surface area contributed by atoms with Crippen LogP contribution in [0.3, 0.4) is 0 Å². The van der Waals surface area contributed by atoms with Gasteiger partial charge in [-0.15, -0.1) is 0 Å². The van der Waals surface area contributed by atoms with E-state index in [1.165, 1.54) is 12.1 Å². The van der Waals surface area contributed by atoms with Gasteiger partial charge in [0.2, 0.25) is 6.79 Å². The number of nitrogens with zero attached hydrogens (tertiary/aromatic N) is 2. The number of rotatable bonds is 5. The summed E-state index contributed by atoms with van der Waals surface area (Å²) in [7, 11) is 0. The second-order valence-corrected chi connectivity index (χ2v) is 6.91. The lowest BCUT2D eigenvalue weighted by molar-refractivity contribution is -0.119. The molecule has 0 saturated carbocycles. The molecule has 0 unspecified atom stereocenters. The lowest BCUT2D eigenvalue weighted by Gasteiger charge is -2.13. The Morgan fingerprint density at radius 2 is 1.87 bits per heavy atom. The van der Waals surface area contributed by atoms with E-state index in [1.807, 2.05) is 44.2 Å². The van der Waals surface area contributed by atoms with Gasteiger partial charge in [0, 0.05) is 11.4 Å². The smallest absolute Gasteiger partial charge is 0.338 e. The third kappa shape index (κ3) is 3.81. The van der Waals surface area contributed by atoms with Crippen molar-refractivity contribution in [1.29, 1.82) is 5.26 Å². The van der Waals surface area contributed by atoms with Crippen LogP contribution in [0.25, 0.3) is 5.69 Å². The van der Waals surface area contributed by atoms with E-state index in [9.17, 15) is 14.9 Å². The molecule has 0 fully saturated rings. The molecule has 4 rings (SSSR count). The first-order valence-electron chi connectivity index (χ1n) is 9.53. The van der Waals surface area contributed by atoms with Crippen LogP contribution in [0.1, 0.15) is 27.2 Å². The minimum atomic E-state index is -0.667. The highest BCUT2D eigenvalue weighted by molar-refractivity contribution is 5.96. The summed E-state index contributed by atoms with van der Waals surface area (Å²) in [6.07, 6.45) is 0. The molecule has 1 N–H and O–H groups in total. The zero-order chi connectivity index (χ0) is 22.0. The first-order valence-corrected chi connectivity index (χ1v) is 9.53. The van der Waals surface area contributed by atoms with Crippen LogP contribution >= 0.6 is 0 Å². The van der Waals surface area contributed by atoms with Gasteiger partial charge in [-0.05, 0) is 49.7 Å². The molecule has 0 atom stereocenters. The summed E-state index contributed by atoms with van der Waals surface area (Å²) in [4.78, 5) is 24.9. The number of ether oxygens (including phenoxy) is 3. The van der Waals surface area contributed by atoms with Crippen LogP contribution in [-0.2, 0) is 9.53 Å². The number of carbonyl (C=O) groups excluding carboxylic acids is 2. The van der Waals surface area contributed by atoms with Gasteiger partial charge in [-0.2, -0.15) is 5.26 Å². The van der Waals surface area contributed by atoms with Gasteiger partial charge in [0.15, 0.2) is 18.1 Å². The van der Waals surface area contributed by atoms with E-state index in [2.05, 4.69) is 11.4 Å². The summed E-state index contributed by atoms with van der Waals surface area (Å²) >= 11 is 0. The predicted molar refractivity (Wildman–Crippen MR) is 111 cm³/mol. The molecular weight excluding hydrogens is 398 g/mol. The molecule has 1 aromatic heterocycles. The van der Waals surface area contributed by atoms with Crippen LogP contribution in [0.2, 0.25) is 0 Å². The van der Waals surface area contributed by atoms with Crippen molar-refractivity contribution in [2.24, 2.45) is 0 Å². The Bertz CT molecular complexity index is 1210. The minimum Gasteiger partial charge on any atom is -0.454 e. The number of aromatic nitrogens is 1. The number of carbonyl (C=O) groups is 2. The number of para-hydroxylation sites is 1. The fourth-order valence-corrected chi connectivity index (χ4v) is 3.37. The first kappa shape index (κ1) is 20.0. The maximum absolute atomic E-state index is 12.6. The van der Waals surface area contributed by atoms with Crippen LogP contribution in [0, 0.1) is 25.2 Å². The zero-order valence-electron chi connectivity index (χ0n) is 17.0. The standard InChI is InChI=1S/C23H19N3O5/c1-14-15(2)26(17-6-4-3-5-7-17)22(18(14)11-24)25-21(27)12-29-23(28)16-8-9-19-20(10-16)31-13-30-19/h3-10H,12-13H2,1-2H3,(H,25,27). The van der Waals surface area contributed by atoms with Crippen molar-refractivity contribution in [2.45, 2.75) is 13.8 Å². The molecule has 0 radical (unpaired) electrons.